The van der Waals surface area contributed by atoms with Crippen LogP contribution < -0.4 is 16.7 Å². The van der Waals surface area contributed by atoms with Crippen molar-refractivity contribution in [3.8, 4) is 0 Å². The van der Waals surface area contributed by atoms with Gasteiger partial charge in [-0.15, -0.1) is 0 Å². The lowest BCUT2D eigenvalue weighted by molar-refractivity contribution is 0.0730. The maximum atomic E-state index is 12.7. The van der Waals surface area contributed by atoms with Crippen LogP contribution in [0.5, 0.6) is 0 Å². The summed E-state index contributed by atoms with van der Waals surface area (Å²) in [5.74, 6) is -0.646. The molecular weight excluding hydrogens is 414 g/mol. The molecule has 3 rings (SSSR count). The number of amides is 1. The molecule has 1 aliphatic heterocycles. The Labute approximate surface area is 172 Å². The molecule has 11 nitrogen and oxygen atoms in total. The van der Waals surface area contributed by atoms with Crippen molar-refractivity contribution in [2.24, 2.45) is 19.2 Å². The second-order valence-corrected chi connectivity index (χ2v) is 8.52. The van der Waals surface area contributed by atoms with Gasteiger partial charge in [0, 0.05) is 38.9 Å². The molecule has 1 saturated heterocycles. The number of nitrogens with one attached hydrogen (secondary N) is 1. The highest BCUT2D eigenvalue weighted by Crippen LogP contribution is 2.18. The molecule has 0 spiro atoms. The van der Waals surface area contributed by atoms with Gasteiger partial charge in [0.25, 0.3) is 11.5 Å². The maximum Gasteiger partial charge on any atom is 0.330 e. The molecule has 1 N–H and O–H groups in total. The van der Waals surface area contributed by atoms with Crippen LogP contribution in [-0.2, 0) is 28.9 Å². The SMILES string of the molecule is Cn1cc(C=NNC(=O)c2cccc(S(=O)(=O)N3CCOCC3)c2)c(=O)n(C)c1=O. The van der Waals surface area contributed by atoms with Crippen LogP contribution in [-0.4, -0.2) is 60.3 Å². The molecule has 0 radical (unpaired) electrons. The summed E-state index contributed by atoms with van der Waals surface area (Å²) < 4.78 is 34.1. The Hall–Kier alpha value is -3.09. The third kappa shape index (κ3) is 4.40. The Balaban J connectivity index is 1.77. The zero-order chi connectivity index (χ0) is 21.9. The molecule has 2 heterocycles. The number of nitrogens with zero attached hydrogens (tertiary/aromatic N) is 4. The number of aromatic nitrogens is 2. The summed E-state index contributed by atoms with van der Waals surface area (Å²) in [7, 11) is -0.924. The third-order valence-electron chi connectivity index (χ3n) is 4.55. The number of hydrogen-bond donors (Lipinski definition) is 1. The molecule has 0 atom stereocenters. The van der Waals surface area contributed by atoms with E-state index in [9.17, 15) is 22.8 Å². The van der Waals surface area contributed by atoms with Crippen molar-refractivity contribution in [2.75, 3.05) is 26.3 Å². The number of sulfonamides is 1. The van der Waals surface area contributed by atoms with E-state index in [1.807, 2.05) is 0 Å². The Morgan fingerprint density at radius 2 is 1.90 bits per heavy atom. The number of hydrazone groups is 1. The Morgan fingerprint density at radius 3 is 2.60 bits per heavy atom. The number of hydrogen-bond acceptors (Lipinski definition) is 7. The maximum absolute atomic E-state index is 12.7. The smallest absolute Gasteiger partial charge is 0.330 e. The molecule has 1 fully saturated rings. The second-order valence-electron chi connectivity index (χ2n) is 6.59. The zero-order valence-electron chi connectivity index (χ0n) is 16.4. The molecular formula is C18H21N5O6S. The van der Waals surface area contributed by atoms with Crippen LogP contribution in [0.4, 0.5) is 0 Å². The normalized spacial score (nSPS) is 15.4. The third-order valence-corrected chi connectivity index (χ3v) is 6.44. The molecule has 0 aliphatic carbocycles. The van der Waals surface area contributed by atoms with Gasteiger partial charge >= 0.3 is 5.69 Å². The summed E-state index contributed by atoms with van der Waals surface area (Å²) in [6.07, 6.45) is 2.42. The quantitative estimate of drug-likeness (QED) is 0.467. The van der Waals surface area contributed by atoms with E-state index in [1.165, 1.54) is 53.4 Å². The van der Waals surface area contributed by atoms with Crippen LogP contribution in [0.2, 0.25) is 0 Å². The number of carbonyl (C=O) groups is 1. The largest absolute Gasteiger partial charge is 0.379 e. The lowest BCUT2D eigenvalue weighted by Gasteiger charge is -2.26. The first-order chi connectivity index (χ1) is 14.2. The number of carbonyl (C=O) groups excluding carboxylic acids is 1. The summed E-state index contributed by atoms with van der Waals surface area (Å²) >= 11 is 0. The van der Waals surface area contributed by atoms with Gasteiger partial charge in [0.15, 0.2) is 0 Å². The van der Waals surface area contributed by atoms with Gasteiger partial charge in [-0.25, -0.2) is 18.6 Å². The minimum Gasteiger partial charge on any atom is -0.379 e. The topological polar surface area (TPSA) is 132 Å². The van der Waals surface area contributed by atoms with Gasteiger partial charge in [0.2, 0.25) is 10.0 Å². The number of rotatable bonds is 5. The van der Waals surface area contributed by atoms with Crippen LogP contribution in [0, 0.1) is 0 Å². The number of benzene rings is 1. The fraction of sp³-hybridized carbons (Fsp3) is 0.333. The van der Waals surface area contributed by atoms with E-state index in [0.717, 1.165) is 10.8 Å². The predicted molar refractivity (Wildman–Crippen MR) is 108 cm³/mol. The van der Waals surface area contributed by atoms with Crippen molar-refractivity contribution in [3.63, 3.8) is 0 Å². The van der Waals surface area contributed by atoms with Gasteiger partial charge < -0.3 is 9.30 Å². The minimum absolute atomic E-state index is 0.00652. The Bertz CT molecular complexity index is 1210. The van der Waals surface area contributed by atoms with Crippen LogP contribution in [0.3, 0.4) is 0 Å². The van der Waals surface area contributed by atoms with Crippen molar-refractivity contribution in [1.82, 2.24) is 18.9 Å². The molecule has 2 aromatic rings. The van der Waals surface area contributed by atoms with E-state index >= 15 is 0 Å². The van der Waals surface area contributed by atoms with Crippen LogP contribution in [0.1, 0.15) is 15.9 Å². The minimum atomic E-state index is -3.74. The molecule has 1 aromatic carbocycles. The van der Waals surface area contributed by atoms with E-state index in [4.69, 9.17) is 4.74 Å². The van der Waals surface area contributed by atoms with Crippen molar-refractivity contribution in [1.29, 1.82) is 0 Å². The molecule has 30 heavy (non-hydrogen) atoms. The van der Waals surface area contributed by atoms with Gasteiger partial charge in [0.05, 0.1) is 29.9 Å². The molecule has 12 heteroatoms. The van der Waals surface area contributed by atoms with Gasteiger partial charge in [-0.05, 0) is 18.2 Å². The Morgan fingerprint density at radius 1 is 1.20 bits per heavy atom. The second kappa shape index (κ2) is 8.73. The molecule has 1 aliphatic rings. The summed E-state index contributed by atoms with van der Waals surface area (Å²) in [6.45, 7) is 1.13. The van der Waals surface area contributed by atoms with Crippen molar-refractivity contribution < 1.29 is 17.9 Å². The Kier molecular flexibility index (Phi) is 6.29. The van der Waals surface area contributed by atoms with E-state index in [-0.39, 0.29) is 29.1 Å². The fourth-order valence-corrected chi connectivity index (χ4v) is 4.34. The fourth-order valence-electron chi connectivity index (χ4n) is 2.88. The first-order valence-corrected chi connectivity index (χ1v) is 10.4. The standard InChI is InChI=1S/C18H21N5O6S/c1-21-12-14(17(25)22(2)18(21)26)11-19-20-16(24)13-4-3-5-15(10-13)30(27,28)23-6-8-29-9-7-23/h3-5,10-12H,6-9H2,1-2H3,(H,20,24). The van der Waals surface area contributed by atoms with Crippen molar-refractivity contribution >= 4 is 22.1 Å². The van der Waals surface area contributed by atoms with Gasteiger partial charge in [-0.3, -0.25) is 14.2 Å². The van der Waals surface area contributed by atoms with E-state index in [0.29, 0.717) is 13.2 Å². The monoisotopic (exact) mass is 435 g/mol. The lowest BCUT2D eigenvalue weighted by atomic mass is 10.2. The van der Waals surface area contributed by atoms with Crippen LogP contribution in [0.15, 0.2) is 50.0 Å². The lowest BCUT2D eigenvalue weighted by Crippen LogP contribution is -2.40. The summed E-state index contributed by atoms with van der Waals surface area (Å²) in [4.78, 5) is 36.1. The average molecular weight is 435 g/mol. The molecule has 0 bridgehead atoms. The van der Waals surface area contributed by atoms with Crippen molar-refractivity contribution in [3.05, 3.63) is 62.4 Å². The van der Waals surface area contributed by atoms with Crippen LogP contribution in [0.25, 0.3) is 0 Å². The molecule has 1 aromatic heterocycles. The summed E-state index contributed by atoms with van der Waals surface area (Å²) in [5.41, 5.74) is 1.40. The van der Waals surface area contributed by atoms with Crippen LogP contribution >= 0.6 is 0 Å². The van der Waals surface area contributed by atoms with E-state index in [1.54, 1.807) is 0 Å². The van der Waals surface area contributed by atoms with Crippen molar-refractivity contribution in [2.45, 2.75) is 4.90 Å². The highest BCUT2D eigenvalue weighted by Gasteiger charge is 2.26. The molecule has 160 valence electrons. The molecule has 1 amide bonds. The number of aryl methyl sites for hydroxylation is 1. The van der Waals surface area contributed by atoms with E-state index in [2.05, 4.69) is 10.5 Å². The highest BCUT2D eigenvalue weighted by molar-refractivity contribution is 7.89. The molecule has 0 unspecified atom stereocenters. The summed E-state index contributed by atoms with van der Waals surface area (Å²) in [5, 5.41) is 3.74. The number of morpholine rings is 1. The predicted octanol–water partition coefficient (Wildman–Crippen LogP) is -1.13. The van der Waals surface area contributed by atoms with Gasteiger partial charge in [-0.1, -0.05) is 6.07 Å². The molecule has 0 saturated carbocycles. The first kappa shape index (κ1) is 21.6. The first-order valence-electron chi connectivity index (χ1n) is 9.00. The number of ether oxygens (including phenoxy) is 1. The summed E-state index contributed by atoms with van der Waals surface area (Å²) in [6, 6.07) is 5.60. The van der Waals surface area contributed by atoms with E-state index < -0.39 is 27.2 Å². The van der Waals surface area contributed by atoms with Gasteiger partial charge in [0.1, 0.15) is 0 Å². The van der Waals surface area contributed by atoms with Gasteiger partial charge in [-0.2, -0.15) is 9.41 Å². The zero-order valence-corrected chi connectivity index (χ0v) is 17.3. The average Bonchev–Trinajstić information content (AvgIpc) is 2.76. The highest BCUT2D eigenvalue weighted by atomic mass is 32.2.